The lowest BCUT2D eigenvalue weighted by atomic mass is 9.89. The Hall–Kier alpha value is -2.67. The third kappa shape index (κ3) is 3.87. The van der Waals surface area contributed by atoms with Gasteiger partial charge in [-0.1, -0.05) is 24.3 Å². The van der Waals surface area contributed by atoms with E-state index < -0.39 is 11.5 Å². The number of hydrogen-bond acceptors (Lipinski definition) is 5. The molecule has 0 amide bonds. The maximum Gasteiger partial charge on any atom is 0.306 e. The van der Waals surface area contributed by atoms with E-state index >= 15 is 0 Å². The van der Waals surface area contributed by atoms with Crippen molar-refractivity contribution in [2.45, 2.75) is 56.7 Å². The number of ether oxygens (including phenoxy) is 3. The van der Waals surface area contributed by atoms with Gasteiger partial charge < -0.3 is 19.3 Å². The maximum absolute atomic E-state index is 14.8. The van der Waals surface area contributed by atoms with E-state index in [0.717, 1.165) is 19.4 Å². The molecule has 0 radical (unpaired) electrons. The second kappa shape index (κ2) is 7.79. The smallest absolute Gasteiger partial charge is 0.306 e. The van der Waals surface area contributed by atoms with E-state index in [-0.39, 0.29) is 30.0 Å². The van der Waals surface area contributed by atoms with Crippen molar-refractivity contribution in [3.05, 3.63) is 58.7 Å². The Morgan fingerprint density at radius 3 is 2.71 bits per heavy atom. The first kappa shape index (κ1) is 21.6. The molecule has 31 heavy (non-hydrogen) atoms. The topological polar surface area (TPSA) is 65.0 Å². The highest BCUT2D eigenvalue weighted by atomic mass is 19.3. The normalized spacial score (nSPS) is 20.1. The van der Waals surface area contributed by atoms with E-state index in [2.05, 4.69) is 0 Å². The number of hydrogen-bond donors (Lipinski definition) is 1. The summed E-state index contributed by atoms with van der Waals surface area (Å²) < 4.78 is 46.3. The fraction of sp³-hybridized carbons (Fsp3) is 0.458. The zero-order valence-electron chi connectivity index (χ0n) is 17.8. The molecule has 0 bridgehead atoms. The van der Waals surface area contributed by atoms with Crippen LogP contribution in [0.4, 0.5) is 8.78 Å². The SMILES string of the molecule is COC(=O)CC1COc2cc(O[C@@H]3CCc4c3cccc4C(F)(F)C(C)(C)O)ccc21. The lowest BCUT2D eigenvalue weighted by Gasteiger charge is -2.31. The third-order valence-electron chi connectivity index (χ3n) is 6.11. The first-order valence-electron chi connectivity index (χ1n) is 10.3. The largest absolute Gasteiger partial charge is 0.492 e. The molecule has 2 atom stereocenters. The molecule has 0 saturated carbocycles. The number of benzene rings is 2. The standard InChI is InChI=1S/C24H26F2O5/c1-23(2,28)24(25,26)19-6-4-5-18-17(19)9-10-20(18)31-15-7-8-16-14(11-22(27)29-3)13-30-21(16)12-15/h4-8,12,14,20,28H,9-11,13H2,1-3H3/t14?,20-/m1/s1. The van der Waals surface area contributed by atoms with E-state index in [1.54, 1.807) is 18.2 Å². The van der Waals surface area contributed by atoms with Crippen LogP contribution in [0, 0.1) is 0 Å². The Balaban J connectivity index is 1.55. The van der Waals surface area contributed by atoms with E-state index in [1.165, 1.54) is 13.2 Å². The Morgan fingerprint density at radius 2 is 2.00 bits per heavy atom. The highest BCUT2D eigenvalue weighted by molar-refractivity contribution is 5.71. The summed E-state index contributed by atoms with van der Waals surface area (Å²) in [5, 5.41) is 9.99. The first-order chi connectivity index (χ1) is 14.6. The summed E-state index contributed by atoms with van der Waals surface area (Å²) >= 11 is 0. The van der Waals surface area contributed by atoms with Gasteiger partial charge in [0, 0.05) is 23.1 Å². The number of carbonyl (C=O) groups excluding carboxylic acids is 1. The molecule has 2 aromatic carbocycles. The molecule has 0 saturated heterocycles. The Kier molecular flexibility index (Phi) is 5.41. The van der Waals surface area contributed by atoms with Gasteiger partial charge in [0.05, 0.1) is 20.1 Å². The lowest BCUT2D eigenvalue weighted by Crippen LogP contribution is -2.40. The number of esters is 1. The Bertz CT molecular complexity index is 996. The molecular formula is C24H26F2O5. The van der Waals surface area contributed by atoms with Crippen molar-refractivity contribution < 1.29 is 32.9 Å². The van der Waals surface area contributed by atoms with Crippen molar-refractivity contribution in [2.24, 2.45) is 0 Å². The van der Waals surface area contributed by atoms with E-state index in [4.69, 9.17) is 14.2 Å². The van der Waals surface area contributed by atoms with Crippen LogP contribution in [0.25, 0.3) is 0 Å². The number of carbonyl (C=O) groups is 1. The van der Waals surface area contributed by atoms with E-state index in [1.807, 2.05) is 12.1 Å². The van der Waals surface area contributed by atoms with Crippen LogP contribution >= 0.6 is 0 Å². The van der Waals surface area contributed by atoms with Gasteiger partial charge in [-0.3, -0.25) is 4.79 Å². The fourth-order valence-corrected chi connectivity index (χ4v) is 4.31. The number of fused-ring (bicyclic) bond motifs is 2. The summed E-state index contributed by atoms with van der Waals surface area (Å²) in [6.45, 7) is 2.64. The molecule has 0 spiro atoms. The van der Waals surface area contributed by atoms with E-state index in [9.17, 15) is 18.7 Å². The summed E-state index contributed by atoms with van der Waals surface area (Å²) in [6.07, 6.45) is 0.900. The minimum atomic E-state index is -3.37. The molecule has 5 nitrogen and oxygen atoms in total. The summed E-state index contributed by atoms with van der Waals surface area (Å²) in [7, 11) is 1.36. The minimum absolute atomic E-state index is 0.0599. The van der Waals surface area contributed by atoms with Gasteiger partial charge in [0.15, 0.2) is 0 Å². The summed E-state index contributed by atoms with van der Waals surface area (Å²) in [4.78, 5) is 11.6. The molecule has 2 aliphatic rings. The van der Waals surface area contributed by atoms with E-state index in [0.29, 0.717) is 42.1 Å². The summed E-state index contributed by atoms with van der Waals surface area (Å²) in [5.74, 6) is -2.48. The van der Waals surface area contributed by atoms with Gasteiger partial charge in [0.25, 0.3) is 0 Å². The molecule has 1 N–H and O–H groups in total. The maximum atomic E-state index is 14.8. The Morgan fingerprint density at radius 1 is 1.23 bits per heavy atom. The predicted molar refractivity (Wildman–Crippen MR) is 110 cm³/mol. The highest BCUT2D eigenvalue weighted by Crippen LogP contribution is 2.46. The molecule has 1 heterocycles. The zero-order valence-corrected chi connectivity index (χ0v) is 17.8. The van der Waals surface area contributed by atoms with Crippen molar-refractivity contribution in [3.8, 4) is 11.5 Å². The van der Waals surface area contributed by atoms with Gasteiger partial charge >= 0.3 is 11.9 Å². The summed E-state index contributed by atoms with van der Waals surface area (Å²) in [5.41, 5.74) is -0.135. The quantitative estimate of drug-likeness (QED) is 0.673. The number of methoxy groups -OCH3 is 1. The predicted octanol–water partition coefficient (Wildman–Crippen LogP) is 4.65. The van der Waals surface area contributed by atoms with Crippen molar-refractivity contribution in [1.82, 2.24) is 0 Å². The average molecular weight is 432 g/mol. The molecule has 0 aromatic heterocycles. The van der Waals surface area contributed by atoms with Crippen molar-refractivity contribution in [2.75, 3.05) is 13.7 Å². The molecule has 2 aromatic rings. The van der Waals surface area contributed by atoms with Gasteiger partial charge in [0.1, 0.15) is 23.2 Å². The van der Waals surface area contributed by atoms with Crippen LogP contribution in [0.1, 0.15) is 61.0 Å². The van der Waals surface area contributed by atoms with Gasteiger partial charge in [-0.05, 0) is 43.9 Å². The van der Waals surface area contributed by atoms with Crippen molar-refractivity contribution in [1.29, 1.82) is 0 Å². The van der Waals surface area contributed by atoms with Gasteiger partial charge in [-0.2, -0.15) is 8.78 Å². The lowest BCUT2D eigenvalue weighted by molar-refractivity contribution is -0.169. The number of halogens is 2. The number of aliphatic hydroxyl groups is 1. The van der Waals surface area contributed by atoms with Crippen LogP contribution in [0.5, 0.6) is 11.5 Å². The molecule has 0 fully saturated rings. The highest BCUT2D eigenvalue weighted by Gasteiger charge is 2.49. The summed E-state index contributed by atoms with van der Waals surface area (Å²) in [6, 6.07) is 10.2. The molecule has 7 heteroatoms. The van der Waals surface area contributed by atoms with Crippen molar-refractivity contribution >= 4 is 5.97 Å². The molecule has 166 valence electrons. The second-order valence-corrected chi connectivity index (χ2v) is 8.64. The molecule has 4 rings (SSSR count). The molecule has 1 aliphatic heterocycles. The van der Waals surface area contributed by atoms with Crippen LogP contribution in [-0.4, -0.2) is 30.4 Å². The van der Waals surface area contributed by atoms with Gasteiger partial charge in [0.2, 0.25) is 0 Å². The number of rotatable bonds is 6. The Labute approximate surface area is 179 Å². The molecule has 1 aliphatic carbocycles. The minimum Gasteiger partial charge on any atom is -0.492 e. The van der Waals surface area contributed by atoms with Crippen LogP contribution in [0.15, 0.2) is 36.4 Å². The second-order valence-electron chi connectivity index (χ2n) is 8.64. The fourth-order valence-electron chi connectivity index (χ4n) is 4.31. The van der Waals surface area contributed by atoms with Gasteiger partial charge in [-0.25, -0.2) is 0 Å². The van der Waals surface area contributed by atoms with Crippen LogP contribution in [0.3, 0.4) is 0 Å². The van der Waals surface area contributed by atoms with Crippen molar-refractivity contribution in [3.63, 3.8) is 0 Å². The van der Waals surface area contributed by atoms with Gasteiger partial charge in [-0.15, -0.1) is 0 Å². The number of alkyl halides is 2. The third-order valence-corrected chi connectivity index (χ3v) is 6.11. The average Bonchev–Trinajstić information content (AvgIpc) is 3.31. The zero-order chi connectivity index (χ0) is 22.4. The monoisotopic (exact) mass is 432 g/mol. The molecule has 1 unspecified atom stereocenters. The van der Waals surface area contributed by atoms with Crippen LogP contribution in [0.2, 0.25) is 0 Å². The van der Waals surface area contributed by atoms with Crippen LogP contribution < -0.4 is 9.47 Å². The molecular weight excluding hydrogens is 406 g/mol. The first-order valence-corrected chi connectivity index (χ1v) is 10.3. The van der Waals surface area contributed by atoms with Crippen LogP contribution in [-0.2, 0) is 21.9 Å².